The van der Waals surface area contributed by atoms with Crippen LogP contribution in [0.2, 0.25) is 0 Å². The van der Waals surface area contributed by atoms with Gasteiger partial charge in [-0.2, -0.15) is 0 Å². The molecule has 0 saturated carbocycles. The van der Waals surface area contributed by atoms with Gasteiger partial charge >= 0.3 is 0 Å². The van der Waals surface area contributed by atoms with Crippen molar-refractivity contribution >= 4 is 10.9 Å². The van der Waals surface area contributed by atoms with E-state index in [0.717, 1.165) is 36.0 Å². The Kier molecular flexibility index (Phi) is 3.48. The van der Waals surface area contributed by atoms with E-state index in [2.05, 4.69) is 22.5 Å². The Morgan fingerprint density at radius 3 is 2.91 bits per heavy atom. The second kappa shape index (κ2) is 5.41. The molecule has 2 bridgehead atoms. The van der Waals surface area contributed by atoms with E-state index in [9.17, 15) is 5.11 Å². The number of aliphatic hydroxyl groups is 1. The van der Waals surface area contributed by atoms with Crippen LogP contribution in [0.3, 0.4) is 0 Å². The van der Waals surface area contributed by atoms with E-state index < -0.39 is 5.72 Å². The molecular formula is C19H23N3O. The van der Waals surface area contributed by atoms with Gasteiger partial charge < -0.3 is 5.11 Å². The Balaban J connectivity index is 1.74. The second-order valence-corrected chi connectivity index (χ2v) is 6.90. The third-order valence-electron chi connectivity index (χ3n) is 5.70. The molecule has 5 rings (SSSR count). The van der Waals surface area contributed by atoms with Gasteiger partial charge in [0.25, 0.3) is 0 Å². The molecule has 4 nitrogen and oxygen atoms in total. The second-order valence-electron chi connectivity index (χ2n) is 6.90. The lowest BCUT2D eigenvalue weighted by Crippen LogP contribution is -2.63. The number of hydrogen-bond acceptors (Lipinski definition) is 4. The lowest BCUT2D eigenvalue weighted by atomic mass is 9.72. The number of fused-ring (bicyclic) bond motifs is 4. The molecule has 0 radical (unpaired) electrons. The summed E-state index contributed by atoms with van der Waals surface area (Å²) in [5, 5.41) is 12.2. The predicted molar refractivity (Wildman–Crippen MR) is 91.6 cm³/mol. The molecule has 0 spiro atoms. The largest absolute Gasteiger partial charge is 0.370 e. The number of para-hydroxylation sites is 1. The molecule has 23 heavy (non-hydrogen) atoms. The molecule has 0 amide bonds. The molecule has 5 atom stereocenters. The fourth-order valence-electron chi connectivity index (χ4n) is 4.42. The van der Waals surface area contributed by atoms with Gasteiger partial charge in [-0.25, -0.2) is 0 Å². The zero-order chi connectivity index (χ0) is 16.0. The van der Waals surface area contributed by atoms with Gasteiger partial charge in [-0.15, -0.1) is 6.58 Å². The maximum absolute atomic E-state index is 11.3. The molecule has 3 saturated heterocycles. The first-order valence-electron chi connectivity index (χ1n) is 8.33. The van der Waals surface area contributed by atoms with Crippen molar-refractivity contribution in [2.75, 3.05) is 13.1 Å². The van der Waals surface area contributed by atoms with Crippen molar-refractivity contribution in [1.82, 2.24) is 9.88 Å². The normalized spacial score (nSPS) is 32.6. The van der Waals surface area contributed by atoms with Gasteiger partial charge in [-0.1, -0.05) is 24.3 Å². The van der Waals surface area contributed by atoms with Crippen molar-refractivity contribution in [2.24, 2.45) is 17.6 Å². The maximum Gasteiger partial charge on any atom is 0.156 e. The van der Waals surface area contributed by atoms with Gasteiger partial charge in [0.1, 0.15) is 0 Å². The molecular weight excluding hydrogens is 286 g/mol. The Morgan fingerprint density at radius 1 is 1.35 bits per heavy atom. The van der Waals surface area contributed by atoms with Gasteiger partial charge in [0.05, 0.1) is 11.6 Å². The van der Waals surface area contributed by atoms with E-state index in [1.165, 1.54) is 6.42 Å². The van der Waals surface area contributed by atoms with Crippen LogP contribution < -0.4 is 5.73 Å². The lowest BCUT2D eigenvalue weighted by molar-refractivity contribution is -0.105. The molecule has 4 heteroatoms. The number of rotatable bonds is 3. The van der Waals surface area contributed by atoms with Crippen molar-refractivity contribution in [1.29, 1.82) is 0 Å². The third kappa shape index (κ3) is 2.29. The highest BCUT2D eigenvalue weighted by molar-refractivity contribution is 5.82. The molecule has 2 aromatic rings. The number of aromatic nitrogens is 1. The smallest absolute Gasteiger partial charge is 0.156 e. The minimum absolute atomic E-state index is 0.0525. The van der Waals surface area contributed by atoms with Crippen LogP contribution in [0.15, 0.2) is 49.2 Å². The van der Waals surface area contributed by atoms with Crippen LogP contribution in [0.5, 0.6) is 0 Å². The van der Waals surface area contributed by atoms with Gasteiger partial charge in [0.15, 0.2) is 5.72 Å². The summed E-state index contributed by atoms with van der Waals surface area (Å²) in [7, 11) is 0. The molecule has 120 valence electrons. The van der Waals surface area contributed by atoms with E-state index in [1.54, 1.807) is 6.20 Å². The monoisotopic (exact) mass is 309 g/mol. The molecule has 1 unspecified atom stereocenters. The van der Waals surface area contributed by atoms with Crippen molar-refractivity contribution in [3.63, 3.8) is 0 Å². The van der Waals surface area contributed by atoms with Crippen LogP contribution in [-0.2, 0) is 5.72 Å². The number of benzene rings is 1. The fraction of sp³-hybridized carbons (Fsp3) is 0.421. The summed E-state index contributed by atoms with van der Waals surface area (Å²) in [6.07, 6.45) is 5.88. The Bertz CT molecular complexity index is 737. The number of hydrogen-bond donors (Lipinski definition) is 2. The molecule has 3 fully saturated rings. The minimum atomic E-state index is -1.37. The lowest BCUT2D eigenvalue weighted by Gasteiger charge is -2.53. The quantitative estimate of drug-likeness (QED) is 0.674. The average molecular weight is 309 g/mol. The SMILES string of the molecule is C=C[C@H]1CN2CC[C@H]1C[C@@H]2[C@](N)(O)c1ccnc2ccccc12. The molecule has 3 aliphatic rings. The molecule has 1 aromatic heterocycles. The zero-order valence-corrected chi connectivity index (χ0v) is 13.2. The average Bonchev–Trinajstić information content (AvgIpc) is 2.61. The third-order valence-corrected chi connectivity index (χ3v) is 5.70. The Hall–Kier alpha value is -1.75. The highest BCUT2D eigenvalue weighted by atomic mass is 16.3. The number of nitrogens with two attached hydrogens (primary N) is 1. The molecule has 3 N–H and O–H groups in total. The Morgan fingerprint density at radius 2 is 2.17 bits per heavy atom. The molecule has 3 aliphatic heterocycles. The summed E-state index contributed by atoms with van der Waals surface area (Å²) in [4.78, 5) is 6.72. The summed E-state index contributed by atoms with van der Waals surface area (Å²) in [6, 6.07) is 9.66. The first-order valence-corrected chi connectivity index (χ1v) is 8.33. The minimum Gasteiger partial charge on any atom is -0.370 e. The van der Waals surface area contributed by atoms with Crippen LogP contribution in [-0.4, -0.2) is 34.1 Å². The molecule has 4 heterocycles. The number of piperidine rings is 3. The van der Waals surface area contributed by atoms with E-state index >= 15 is 0 Å². The van der Waals surface area contributed by atoms with Gasteiger partial charge in [0, 0.05) is 23.7 Å². The van der Waals surface area contributed by atoms with Crippen molar-refractivity contribution in [3.8, 4) is 0 Å². The predicted octanol–water partition coefficient (Wildman–Crippen LogP) is 2.23. The summed E-state index contributed by atoms with van der Waals surface area (Å²) in [5.41, 5.74) is 6.79. The van der Waals surface area contributed by atoms with Crippen LogP contribution in [0.1, 0.15) is 18.4 Å². The number of pyridine rings is 1. The van der Waals surface area contributed by atoms with Crippen molar-refractivity contribution < 1.29 is 5.11 Å². The summed E-state index contributed by atoms with van der Waals surface area (Å²) < 4.78 is 0. The highest BCUT2D eigenvalue weighted by Gasteiger charge is 2.48. The van der Waals surface area contributed by atoms with E-state index in [1.807, 2.05) is 30.3 Å². The standard InChI is InChI=1S/C19H23N3O/c1-2-13-12-22-10-8-14(13)11-18(22)19(20,23)16-7-9-21-17-6-4-3-5-15(16)17/h2-7,9,13-14,18,23H,1,8,10-12,20H2/t13-,14-,18+,19+/m0/s1. The first-order chi connectivity index (χ1) is 11.1. The molecule has 0 aliphatic carbocycles. The molecule has 1 aromatic carbocycles. The van der Waals surface area contributed by atoms with Crippen molar-refractivity contribution in [3.05, 3.63) is 54.7 Å². The van der Waals surface area contributed by atoms with Gasteiger partial charge in [-0.05, 0) is 43.4 Å². The van der Waals surface area contributed by atoms with E-state index in [0.29, 0.717) is 11.8 Å². The highest BCUT2D eigenvalue weighted by Crippen LogP contribution is 2.42. The van der Waals surface area contributed by atoms with Gasteiger partial charge in [-0.3, -0.25) is 15.6 Å². The Labute approximate surface area is 136 Å². The number of nitrogens with zero attached hydrogens (tertiary/aromatic N) is 2. The van der Waals surface area contributed by atoms with E-state index in [-0.39, 0.29) is 6.04 Å². The maximum atomic E-state index is 11.3. The van der Waals surface area contributed by atoms with Crippen LogP contribution in [0.4, 0.5) is 0 Å². The summed E-state index contributed by atoms with van der Waals surface area (Å²) in [5.74, 6) is 1.09. The topological polar surface area (TPSA) is 62.4 Å². The van der Waals surface area contributed by atoms with Crippen LogP contribution >= 0.6 is 0 Å². The summed E-state index contributed by atoms with van der Waals surface area (Å²) in [6.45, 7) is 5.91. The van der Waals surface area contributed by atoms with Crippen LogP contribution in [0, 0.1) is 11.8 Å². The fourth-order valence-corrected chi connectivity index (χ4v) is 4.42. The van der Waals surface area contributed by atoms with E-state index in [4.69, 9.17) is 5.73 Å². The van der Waals surface area contributed by atoms with Crippen LogP contribution in [0.25, 0.3) is 10.9 Å². The van der Waals surface area contributed by atoms with Gasteiger partial charge in [0.2, 0.25) is 0 Å². The first kappa shape index (κ1) is 14.8. The summed E-state index contributed by atoms with van der Waals surface area (Å²) >= 11 is 0. The van der Waals surface area contributed by atoms with Crippen molar-refractivity contribution in [2.45, 2.75) is 24.6 Å². The zero-order valence-electron chi connectivity index (χ0n) is 13.2.